The molecule has 4 aromatic rings. The highest BCUT2D eigenvalue weighted by molar-refractivity contribution is 6.10. The molecule has 2 aromatic carbocycles. The molecule has 0 radical (unpaired) electrons. The van der Waals surface area contributed by atoms with Crippen molar-refractivity contribution in [3.63, 3.8) is 0 Å². The van der Waals surface area contributed by atoms with Crippen LogP contribution >= 0.6 is 0 Å². The van der Waals surface area contributed by atoms with Crippen LogP contribution in [-0.2, 0) is 13.0 Å². The molecule has 0 unspecified atom stereocenters. The summed E-state index contributed by atoms with van der Waals surface area (Å²) in [6, 6.07) is 13.4. The Hall–Kier alpha value is -3.81. The number of carbonyl (C=O) groups is 1. The molecule has 0 aliphatic carbocycles. The first-order valence-electron chi connectivity index (χ1n) is 11.5. The van der Waals surface area contributed by atoms with Gasteiger partial charge in [0.25, 0.3) is 5.91 Å². The summed E-state index contributed by atoms with van der Waals surface area (Å²) in [5.41, 5.74) is 10.6. The molecule has 4 rings (SSSR count). The van der Waals surface area contributed by atoms with E-state index < -0.39 is 0 Å². The molecular formula is C26H31N5O3. The highest BCUT2D eigenvalue weighted by atomic mass is 16.5. The van der Waals surface area contributed by atoms with Crippen LogP contribution in [-0.4, -0.2) is 41.2 Å². The molecule has 3 N–H and O–H groups in total. The minimum atomic E-state index is -0.224. The van der Waals surface area contributed by atoms with Crippen LogP contribution in [0, 0.1) is 5.92 Å². The Labute approximate surface area is 199 Å². The number of nitrogens with two attached hydrogens (primary N) is 1. The zero-order chi connectivity index (χ0) is 24.2. The van der Waals surface area contributed by atoms with Crippen LogP contribution in [0.4, 0.5) is 5.82 Å². The third kappa shape index (κ3) is 4.62. The van der Waals surface area contributed by atoms with E-state index in [1.807, 2.05) is 47.0 Å². The molecule has 0 atom stereocenters. The Morgan fingerprint density at radius 1 is 1.06 bits per heavy atom. The first kappa shape index (κ1) is 23.4. The third-order valence-electron chi connectivity index (χ3n) is 5.90. The Morgan fingerprint density at radius 3 is 2.44 bits per heavy atom. The van der Waals surface area contributed by atoms with Crippen LogP contribution in [0.25, 0.3) is 22.2 Å². The van der Waals surface area contributed by atoms with Gasteiger partial charge in [0.15, 0.2) is 17.1 Å². The summed E-state index contributed by atoms with van der Waals surface area (Å²) >= 11 is 0. The average molecular weight is 462 g/mol. The molecule has 0 aliphatic rings. The van der Waals surface area contributed by atoms with Crippen LogP contribution in [0.2, 0.25) is 0 Å². The molecule has 178 valence electrons. The number of para-hydroxylation sites is 2. The van der Waals surface area contributed by atoms with Gasteiger partial charge in [0, 0.05) is 13.1 Å². The number of anilines is 1. The maximum absolute atomic E-state index is 13.1. The zero-order valence-electron chi connectivity index (χ0n) is 20.1. The lowest BCUT2D eigenvalue weighted by atomic mass is 10.1. The van der Waals surface area contributed by atoms with E-state index in [2.05, 4.69) is 19.2 Å². The Kier molecular flexibility index (Phi) is 6.86. The summed E-state index contributed by atoms with van der Waals surface area (Å²) in [4.78, 5) is 22.7. The highest BCUT2D eigenvalue weighted by Crippen LogP contribution is 2.30. The van der Waals surface area contributed by atoms with Crippen LogP contribution < -0.4 is 20.5 Å². The Balaban J connectivity index is 1.72. The number of amides is 1. The lowest BCUT2D eigenvalue weighted by Crippen LogP contribution is -2.26. The van der Waals surface area contributed by atoms with E-state index in [0.717, 1.165) is 23.0 Å². The van der Waals surface area contributed by atoms with Gasteiger partial charge in [0.1, 0.15) is 16.9 Å². The van der Waals surface area contributed by atoms with Crippen molar-refractivity contribution in [1.29, 1.82) is 0 Å². The quantitative estimate of drug-likeness (QED) is 0.387. The van der Waals surface area contributed by atoms with Gasteiger partial charge in [-0.15, -0.1) is 0 Å². The molecule has 8 heteroatoms. The fourth-order valence-electron chi connectivity index (χ4n) is 4.01. The number of aromatic nitrogens is 3. The first-order chi connectivity index (χ1) is 16.4. The number of nitrogens with one attached hydrogen (secondary N) is 1. The third-order valence-corrected chi connectivity index (χ3v) is 5.90. The predicted octanol–water partition coefficient (Wildman–Crippen LogP) is 4.20. The van der Waals surface area contributed by atoms with Gasteiger partial charge in [0.2, 0.25) is 0 Å². The van der Waals surface area contributed by atoms with E-state index >= 15 is 0 Å². The van der Waals surface area contributed by atoms with Crippen molar-refractivity contribution < 1.29 is 14.3 Å². The van der Waals surface area contributed by atoms with E-state index in [9.17, 15) is 4.79 Å². The monoisotopic (exact) mass is 461 g/mol. The van der Waals surface area contributed by atoms with Crippen molar-refractivity contribution >= 4 is 33.9 Å². The summed E-state index contributed by atoms with van der Waals surface area (Å²) < 4.78 is 12.6. The lowest BCUT2D eigenvalue weighted by molar-refractivity contribution is 0.0954. The zero-order valence-corrected chi connectivity index (χ0v) is 20.1. The van der Waals surface area contributed by atoms with E-state index in [1.54, 1.807) is 14.2 Å². The summed E-state index contributed by atoms with van der Waals surface area (Å²) in [6.07, 6.45) is 1.55. The van der Waals surface area contributed by atoms with E-state index in [1.165, 1.54) is 0 Å². The second kappa shape index (κ2) is 9.99. The van der Waals surface area contributed by atoms with E-state index in [0.29, 0.717) is 59.5 Å². The van der Waals surface area contributed by atoms with E-state index in [-0.39, 0.29) is 5.91 Å². The van der Waals surface area contributed by atoms with Gasteiger partial charge < -0.3 is 25.1 Å². The van der Waals surface area contributed by atoms with Gasteiger partial charge in [-0.25, -0.2) is 9.97 Å². The first-order valence-corrected chi connectivity index (χ1v) is 11.5. The van der Waals surface area contributed by atoms with Crippen molar-refractivity contribution in [2.24, 2.45) is 5.92 Å². The van der Waals surface area contributed by atoms with Gasteiger partial charge >= 0.3 is 0 Å². The number of benzene rings is 2. The minimum absolute atomic E-state index is 0.224. The van der Waals surface area contributed by atoms with Crippen LogP contribution in [0.1, 0.15) is 36.2 Å². The minimum Gasteiger partial charge on any atom is -0.493 e. The summed E-state index contributed by atoms with van der Waals surface area (Å²) in [5.74, 6) is 1.98. The molecule has 1 amide bonds. The molecule has 0 aliphatic heterocycles. The Bertz CT molecular complexity index is 1330. The second-order valence-corrected chi connectivity index (χ2v) is 8.67. The smallest absolute Gasteiger partial charge is 0.257 e. The number of hydrogen-bond acceptors (Lipinski definition) is 6. The lowest BCUT2D eigenvalue weighted by Gasteiger charge is -2.11. The normalized spacial score (nSPS) is 11.3. The van der Waals surface area contributed by atoms with Crippen molar-refractivity contribution in [2.75, 3.05) is 26.5 Å². The molecule has 0 bridgehead atoms. The number of ether oxygens (including phenoxy) is 2. The van der Waals surface area contributed by atoms with Crippen LogP contribution in [0.5, 0.6) is 11.5 Å². The maximum Gasteiger partial charge on any atom is 0.257 e. The van der Waals surface area contributed by atoms with Gasteiger partial charge in [0.05, 0.1) is 25.3 Å². The number of nitrogens with zero attached hydrogens (tertiary/aromatic N) is 3. The van der Waals surface area contributed by atoms with Crippen LogP contribution in [0.15, 0.2) is 42.5 Å². The molecule has 8 nitrogen and oxygen atoms in total. The fraction of sp³-hybridized carbons (Fsp3) is 0.346. The van der Waals surface area contributed by atoms with Crippen molar-refractivity contribution in [2.45, 2.75) is 33.2 Å². The molecule has 0 saturated heterocycles. The number of fused-ring (bicyclic) bond motifs is 2. The van der Waals surface area contributed by atoms with Gasteiger partial charge in [-0.1, -0.05) is 32.0 Å². The summed E-state index contributed by atoms with van der Waals surface area (Å²) in [6.45, 7) is 5.36. The molecule has 0 saturated carbocycles. The number of rotatable bonds is 9. The van der Waals surface area contributed by atoms with Crippen LogP contribution in [0.3, 0.4) is 0 Å². The molecule has 0 spiro atoms. The SMILES string of the molecule is COc1ccc(CCn2c(N)c(C(=O)NCCC(C)C)c3nc4ccccc4nc32)cc1OC. The molecule has 34 heavy (non-hydrogen) atoms. The highest BCUT2D eigenvalue weighted by Gasteiger charge is 2.24. The van der Waals surface area contributed by atoms with Crippen molar-refractivity contribution in [3.05, 3.63) is 53.6 Å². The predicted molar refractivity (Wildman–Crippen MR) is 134 cm³/mol. The number of nitrogen functional groups attached to an aromatic ring is 1. The molecular weight excluding hydrogens is 430 g/mol. The number of aryl methyl sites for hydroxylation is 2. The largest absolute Gasteiger partial charge is 0.493 e. The molecule has 2 aromatic heterocycles. The van der Waals surface area contributed by atoms with Crippen molar-refractivity contribution in [1.82, 2.24) is 19.9 Å². The average Bonchev–Trinajstić information content (AvgIpc) is 3.10. The topological polar surface area (TPSA) is 104 Å². The molecule has 0 fully saturated rings. The number of methoxy groups -OCH3 is 2. The van der Waals surface area contributed by atoms with Gasteiger partial charge in [-0.2, -0.15) is 0 Å². The van der Waals surface area contributed by atoms with E-state index in [4.69, 9.17) is 25.2 Å². The summed E-state index contributed by atoms with van der Waals surface area (Å²) in [7, 11) is 3.23. The standard InChI is InChI=1S/C26H31N5O3/c1-16(2)11-13-28-26(32)22-23-25(30-19-8-6-5-7-18(19)29-23)31(24(22)27)14-12-17-9-10-20(33-3)21(15-17)34-4/h5-10,15-16H,11-14,27H2,1-4H3,(H,28,32). The van der Waals surface area contributed by atoms with Gasteiger partial charge in [-0.05, 0) is 48.6 Å². The molecule has 2 heterocycles. The van der Waals surface area contributed by atoms with Gasteiger partial charge in [-0.3, -0.25) is 4.79 Å². The summed E-state index contributed by atoms with van der Waals surface area (Å²) in [5, 5.41) is 3.00. The number of hydrogen-bond donors (Lipinski definition) is 2. The fourth-order valence-corrected chi connectivity index (χ4v) is 4.01. The number of carbonyl (C=O) groups excluding carboxylic acids is 1. The second-order valence-electron chi connectivity index (χ2n) is 8.67. The van der Waals surface area contributed by atoms with Crippen molar-refractivity contribution in [3.8, 4) is 11.5 Å². The Morgan fingerprint density at radius 2 is 1.76 bits per heavy atom. The maximum atomic E-state index is 13.1.